The molecule has 0 aliphatic carbocycles. The summed E-state index contributed by atoms with van der Waals surface area (Å²) in [7, 11) is 4.01. The van der Waals surface area contributed by atoms with Crippen molar-refractivity contribution < 1.29 is 9.59 Å². The van der Waals surface area contributed by atoms with Crippen molar-refractivity contribution in [2.24, 2.45) is 0 Å². The Labute approximate surface area is 170 Å². The van der Waals surface area contributed by atoms with Crippen LogP contribution < -0.4 is 0 Å². The molecular formula is C20H25Cl2N3O2. The fraction of sp³-hybridized carbons (Fsp3) is 0.500. The van der Waals surface area contributed by atoms with Gasteiger partial charge in [-0.3, -0.25) is 14.5 Å². The van der Waals surface area contributed by atoms with Gasteiger partial charge in [0, 0.05) is 30.2 Å². The molecule has 0 unspecified atom stereocenters. The highest BCUT2D eigenvalue weighted by atomic mass is 35.5. The molecule has 0 spiro atoms. The molecule has 0 saturated carbocycles. The average molecular weight is 410 g/mol. The van der Waals surface area contributed by atoms with Gasteiger partial charge in [0.15, 0.2) is 0 Å². The maximum absolute atomic E-state index is 13.1. The highest BCUT2D eigenvalue weighted by molar-refractivity contribution is 6.41. The van der Waals surface area contributed by atoms with E-state index in [4.69, 9.17) is 23.2 Å². The minimum Gasteiger partial charge on any atom is -0.366 e. The fourth-order valence-electron chi connectivity index (χ4n) is 3.82. The molecule has 7 heteroatoms. The molecule has 0 aromatic heterocycles. The van der Waals surface area contributed by atoms with Crippen LogP contribution in [0.3, 0.4) is 0 Å². The zero-order chi connectivity index (χ0) is 19.7. The van der Waals surface area contributed by atoms with Crippen LogP contribution in [0, 0.1) is 0 Å². The van der Waals surface area contributed by atoms with Crippen LogP contribution >= 0.6 is 23.2 Å². The number of benzene rings is 1. The topological polar surface area (TPSA) is 43.9 Å². The van der Waals surface area contributed by atoms with E-state index in [-0.39, 0.29) is 17.9 Å². The van der Waals surface area contributed by atoms with Crippen molar-refractivity contribution in [3.05, 3.63) is 39.5 Å². The van der Waals surface area contributed by atoms with Gasteiger partial charge < -0.3 is 9.80 Å². The number of carbonyl (C=O) groups excluding carboxylic acids is 2. The lowest BCUT2D eigenvalue weighted by Crippen LogP contribution is -2.43. The first-order chi connectivity index (χ1) is 12.8. The number of piperidine rings is 1. The van der Waals surface area contributed by atoms with E-state index in [2.05, 4.69) is 11.9 Å². The lowest BCUT2D eigenvalue weighted by Gasteiger charge is -2.36. The molecular weight excluding hydrogens is 385 g/mol. The van der Waals surface area contributed by atoms with E-state index in [9.17, 15) is 9.59 Å². The summed E-state index contributed by atoms with van der Waals surface area (Å²) in [5.74, 6) is -0.509. The first kappa shape index (κ1) is 20.2. The fourth-order valence-corrected chi connectivity index (χ4v) is 4.32. The molecule has 1 fully saturated rings. The van der Waals surface area contributed by atoms with Crippen LogP contribution in [0.2, 0.25) is 10.0 Å². The van der Waals surface area contributed by atoms with Crippen molar-refractivity contribution >= 4 is 40.6 Å². The quantitative estimate of drug-likeness (QED) is 0.697. The predicted molar refractivity (Wildman–Crippen MR) is 109 cm³/mol. The number of likely N-dealkylation sites (N-methyl/N-ethyl adjacent to an activating group) is 1. The summed E-state index contributed by atoms with van der Waals surface area (Å²) in [6.45, 7) is 4.30. The summed E-state index contributed by atoms with van der Waals surface area (Å²) in [6, 6.07) is 5.25. The molecule has 1 saturated heterocycles. The number of amides is 2. The van der Waals surface area contributed by atoms with Gasteiger partial charge in [0.05, 0.1) is 10.6 Å². The average Bonchev–Trinajstić information content (AvgIpc) is 2.87. The third-order valence-corrected chi connectivity index (χ3v) is 5.93. The second kappa shape index (κ2) is 8.21. The lowest BCUT2D eigenvalue weighted by molar-refractivity contribution is -0.137. The van der Waals surface area contributed by atoms with Crippen LogP contribution in [0.25, 0.3) is 5.57 Å². The van der Waals surface area contributed by atoms with Gasteiger partial charge >= 0.3 is 0 Å². The molecule has 146 valence electrons. The van der Waals surface area contributed by atoms with Gasteiger partial charge in [-0.1, -0.05) is 36.2 Å². The lowest BCUT2D eigenvalue weighted by atomic mass is 10.00. The van der Waals surface area contributed by atoms with E-state index in [1.54, 1.807) is 18.2 Å². The Morgan fingerprint density at radius 1 is 1.15 bits per heavy atom. The van der Waals surface area contributed by atoms with Gasteiger partial charge in [-0.15, -0.1) is 0 Å². The van der Waals surface area contributed by atoms with Gasteiger partial charge in [0.2, 0.25) is 0 Å². The second-order valence-corrected chi connectivity index (χ2v) is 8.10. The molecule has 1 aromatic carbocycles. The molecule has 2 amide bonds. The maximum Gasteiger partial charge on any atom is 0.277 e. The normalized spacial score (nSPS) is 19.4. The molecule has 0 atom stereocenters. The van der Waals surface area contributed by atoms with Crippen molar-refractivity contribution in [3.63, 3.8) is 0 Å². The molecule has 0 N–H and O–H groups in total. The minimum atomic E-state index is -0.277. The van der Waals surface area contributed by atoms with Gasteiger partial charge in [-0.05, 0) is 51.5 Å². The molecule has 2 aliphatic rings. The third-order valence-electron chi connectivity index (χ3n) is 5.38. The number of imide groups is 1. The summed E-state index contributed by atoms with van der Waals surface area (Å²) in [5.41, 5.74) is 1.40. The summed E-state index contributed by atoms with van der Waals surface area (Å²) in [5, 5.41) is 0.878. The van der Waals surface area contributed by atoms with Crippen molar-refractivity contribution in [2.75, 3.05) is 33.7 Å². The van der Waals surface area contributed by atoms with Crippen LogP contribution in [0.1, 0.15) is 31.7 Å². The number of hydrogen-bond acceptors (Lipinski definition) is 4. The number of likely N-dealkylation sites (tertiary alicyclic amines) is 1. The highest BCUT2D eigenvalue weighted by Crippen LogP contribution is 2.37. The van der Waals surface area contributed by atoms with E-state index in [1.807, 2.05) is 18.9 Å². The van der Waals surface area contributed by atoms with E-state index in [1.165, 1.54) is 4.90 Å². The molecule has 0 radical (unpaired) electrons. The predicted octanol–water partition coefficient (Wildman–Crippen LogP) is 3.51. The Morgan fingerprint density at radius 3 is 2.41 bits per heavy atom. The Hall–Kier alpha value is -1.56. The Morgan fingerprint density at radius 2 is 1.81 bits per heavy atom. The number of halogens is 2. The van der Waals surface area contributed by atoms with E-state index in [0.717, 1.165) is 25.9 Å². The van der Waals surface area contributed by atoms with E-state index in [0.29, 0.717) is 39.8 Å². The SMILES string of the molecule is CCCN1C(=O)C(c2ccc(Cl)cc2Cl)=C(N(C)C2CCN(C)CC2)C1=O. The van der Waals surface area contributed by atoms with Crippen molar-refractivity contribution in [1.29, 1.82) is 0 Å². The first-order valence-corrected chi connectivity index (χ1v) is 10.1. The van der Waals surface area contributed by atoms with Gasteiger partial charge in [-0.2, -0.15) is 0 Å². The van der Waals surface area contributed by atoms with Gasteiger partial charge in [0.25, 0.3) is 11.8 Å². The number of nitrogens with zero attached hydrogens (tertiary/aromatic N) is 3. The molecule has 1 aromatic rings. The summed E-state index contributed by atoms with van der Waals surface area (Å²) < 4.78 is 0. The zero-order valence-corrected chi connectivity index (χ0v) is 17.5. The van der Waals surface area contributed by atoms with Crippen LogP contribution in [-0.4, -0.2) is 66.3 Å². The Kier molecular flexibility index (Phi) is 6.14. The second-order valence-electron chi connectivity index (χ2n) is 7.26. The summed E-state index contributed by atoms with van der Waals surface area (Å²) >= 11 is 12.4. The largest absolute Gasteiger partial charge is 0.366 e. The molecule has 2 heterocycles. The van der Waals surface area contributed by atoms with Crippen LogP contribution in [-0.2, 0) is 9.59 Å². The number of rotatable bonds is 5. The minimum absolute atomic E-state index is 0.218. The third kappa shape index (κ3) is 3.86. The Bertz CT molecular complexity index is 785. The maximum atomic E-state index is 13.1. The molecule has 5 nitrogen and oxygen atoms in total. The van der Waals surface area contributed by atoms with Crippen LogP contribution in [0.5, 0.6) is 0 Å². The molecule has 3 rings (SSSR count). The van der Waals surface area contributed by atoms with Crippen molar-refractivity contribution in [1.82, 2.24) is 14.7 Å². The Balaban J connectivity index is 2.06. The summed E-state index contributed by atoms with van der Waals surface area (Å²) in [4.78, 5) is 31.9. The highest BCUT2D eigenvalue weighted by Gasteiger charge is 2.42. The monoisotopic (exact) mass is 409 g/mol. The number of carbonyl (C=O) groups is 2. The molecule has 0 bridgehead atoms. The van der Waals surface area contributed by atoms with Gasteiger partial charge in [0.1, 0.15) is 5.70 Å². The standard InChI is InChI=1S/C20H25Cl2N3O2/c1-4-9-25-19(26)17(15-6-5-13(21)12-16(15)22)18(20(25)27)24(3)14-7-10-23(2)11-8-14/h5-6,12,14H,4,7-11H2,1-3H3. The van der Waals surface area contributed by atoms with E-state index >= 15 is 0 Å². The van der Waals surface area contributed by atoms with Gasteiger partial charge in [-0.25, -0.2) is 0 Å². The van der Waals surface area contributed by atoms with Crippen molar-refractivity contribution in [3.8, 4) is 0 Å². The van der Waals surface area contributed by atoms with Crippen LogP contribution in [0.4, 0.5) is 0 Å². The molecule has 2 aliphatic heterocycles. The van der Waals surface area contributed by atoms with Crippen molar-refractivity contribution in [2.45, 2.75) is 32.2 Å². The van der Waals surface area contributed by atoms with E-state index < -0.39 is 0 Å². The summed E-state index contributed by atoms with van der Waals surface area (Å²) in [6.07, 6.45) is 2.62. The smallest absolute Gasteiger partial charge is 0.277 e. The first-order valence-electron chi connectivity index (χ1n) is 9.32. The molecule has 27 heavy (non-hydrogen) atoms. The number of hydrogen-bond donors (Lipinski definition) is 0. The van der Waals surface area contributed by atoms with Crippen LogP contribution in [0.15, 0.2) is 23.9 Å². The zero-order valence-electron chi connectivity index (χ0n) is 16.0.